The first-order valence-electron chi connectivity index (χ1n) is 8.89. The Balaban J connectivity index is 1.54. The summed E-state index contributed by atoms with van der Waals surface area (Å²) in [7, 11) is 0. The molecule has 0 saturated carbocycles. The molecule has 0 aliphatic rings. The summed E-state index contributed by atoms with van der Waals surface area (Å²) in [5.41, 5.74) is 1.73. The molecule has 5 nitrogen and oxygen atoms in total. The monoisotopic (exact) mass is 354 g/mol. The Bertz CT molecular complexity index is 674. The number of benzene rings is 2. The van der Waals surface area contributed by atoms with E-state index in [2.05, 4.69) is 10.6 Å². The van der Waals surface area contributed by atoms with Crippen LogP contribution < -0.4 is 10.6 Å². The fourth-order valence-electron chi connectivity index (χ4n) is 2.46. The number of hydrogen-bond donors (Lipinski definition) is 2. The highest BCUT2D eigenvalue weighted by Gasteiger charge is 2.12. The molecule has 1 atom stereocenters. The molecule has 2 amide bonds. The first-order valence-corrected chi connectivity index (χ1v) is 8.89. The van der Waals surface area contributed by atoms with E-state index in [-0.39, 0.29) is 24.3 Å². The summed E-state index contributed by atoms with van der Waals surface area (Å²) in [5, 5.41) is 5.69. The van der Waals surface area contributed by atoms with Crippen molar-refractivity contribution in [3.8, 4) is 0 Å². The van der Waals surface area contributed by atoms with Gasteiger partial charge >= 0.3 is 0 Å². The van der Waals surface area contributed by atoms with Gasteiger partial charge in [0.1, 0.15) is 0 Å². The Morgan fingerprint density at radius 2 is 1.65 bits per heavy atom. The molecule has 0 fully saturated rings. The van der Waals surface area contributed by atoms with E-state index < -0.39 is 0 Å². The fraction of sp³-hybridized carbons (Fsp3) is 0.333. The summed E-state index contributed by atoms with van der Waals surface area (Å²) in [6.45, 7) is 3.56. The summed E-state index contributed by atoms with van der Waals surface area (Å²) in [5.74, 6) is -0.242. The van der Waals surface area contributed by atoms with Crippen LogP contribution in [0.4, 0.5) is 0 Å². The average molecular weight is 354 g/mol. The molecule has 26 heavy (non-hydrogen) atoms. The van der Waals surface area contributed by atoms with E-state index in [4.69, 9.17) is 4.74 Å². The number of nitrogens with one attached hydrogen (secondary N) is 2. The van der Waals surface area contributed by atoms with Crippen molar-refractivity contribution >= 4 is 11.8 Å². The van der Waals surface area contributed by atoms with Crippen LogP contribution in [-0.4, -0.2) is 31.0 Å². The van der Waals surface area contributed by atoms with Gasteiger partial charge in [-0.15, -0.1) is 0 Å². The molecular weight excluding hydrogens is 328 g/mol. The quantitative estimate of drug-likeness (QED) is 0.645. The smallest absolute Gasteiger partial charge is 0.251 e. The minimum Gasteiger partial charge on any atom is -0.377 e. The molecule has 2 aromatic rings. The van der Waals surface area contributed by atoms with Crippen LogP contribution in [0.25, 0.3) is 0 Å². The van der Waals surface area contributed by atoms with Crippen LogP contribution in [0.5, 0.6) is 0 Å². The summed E-state index contributed by atoms with van der Waals surface area (Å²) in [6.07, 6.45) is 1.01. The molecule has 0 radical (unpaired) electrons. The number of rotatable bonds is 10. The van der Waals surface area contributed by atoms with Crippen molar-refractivity contribution in [2.45, 2.75) is 32.4 Å². The van der Waals surface area contributed by atoms with E-state index in [1.54, 1.807) is 12.1 Å². The third-order valence-electron chi connectivity index (χ3n) is 3.80. The molecule has 5 heteroatoms. The number of carbonyl (C=O) groups is 2. The Labute approximate surface area is 154 Å². The average Bonchev–Trinajstić information content (AvgIpc) is 2.66. The number of hydrogen-bond acceptors (Lipinski definition) is 3. The van der Waals surface area contributed by atoms with Gasteiger partial charge in [-0.05, 0) is 31.0 Å². The molecule has 0 heterocycles. The second-order valence-corrected chi connectivity index (χ2v) is 6.19. The molecule has 2 aromatic carbocycles. The molecule has 0 unspecified atom stereocenters. The third kappa shape index (κ3) is 7.49. The molecule has 2 N–H and O–H groups in total. The predicted molar refractivity (Wildman–Crippen MR) is 102 cm³/mol. The van der Waals surface area contributed by atoms with E-state index in [1.165, 1.54) is 0 Å². The summed E-state index contributed by atoms with van der Waals surface area (Å²) < 4.78 is 5.58. The van der Waals surface area contributed by atoms with Crippen LogP contribution in [0, 0.1) is 0 Å². The van der Waals surface area contributed by atoms with Crippen molar-refractivity contribution in [3.05, 3.63) is 71.8 Å². The van der Waals surface area contributed by atoms with E-state index in [0.29, 0.717) is 25.3 Å². The fourth-order valence-corrected chi connectivity index (χ4v) is 2.46. The van der Waals surface area contributed by atoms with E-state index in [9.17, 15) is 9.59 Å². The van der Waals surface area contributed by atoms with Crippen LogP contribution in [-0.2, 0) is 16.1 Å². The van der Waals surface area contributed by atoms with Crippen molar-refractivity contribution in [3.63, 3.8) is 0 Å². The molecule has 0 saturated heterocycles. The first kappa shape index (κ1) is 19.7. The lowest BCUT2D eigenvalue weighted by Gasteiger charge is -2.14. The standard InChI is InChI=1S/C21H26N2O3/c1-17(23-21(25)19-11-6-3-7-12-19)15-20(24)22-13-8-14-26-16-18-9-4-2-5-10-18/h2-7,9-12,17H,8,13-16H2,1H3,(H,22,24)(H,23,25)/t17-/m1/s1. The van der Waals surface area contributed by atoms with Gasteiger partial charge in [0.15, 0.2) is 0 Å². The molecule has 138 valence electrons. The SMILES string of the molecule is C[C@H](CC(=O)NCCCOCc1ccccc1)NC(=O)c1ccccc1. The normalized spacial score (nSPS) is 11.6. The zero-order chi connectivity index (χ0) is 18.6. The van der Waals surface area contributed by atoms with Gasteiger partial charge < -0.3 is 15.4 Å². The second-order valence-electron chi connectivity index (χ2n) is 6.19. The van der Waals surface area contributed by atoms with Gasteiger partial charge in [-0.25, -0.2) is 0 Å². The lowest BCUT2D eigenvalue weighted by molar-refractivity contribution is -0.121. The summed E-state index contributed by atoms with van der Waals surface area (Å²) in [6, 6.07) is 18.7. The lowest BCUT2D eigenvalue weighted by atomic mass is 10.1. The summed E-state index contributed by atoms with van der Waals surface area (Å²) in [4.78, 5) is 23.9. The van der Waals surface area contributed by atoms with Gasteiger partial charge in [-0.2, -0.15) is 0 Å². The zero-order valence-corrected chi connectivity index (χ0v) is 15.1. The molecule has 2 rings (SSSR count). The molecule has 0 spiro atoms. The second kappa shape index (κ2) is 11.1. The van der Waals surface area contributed by atoms with Crippen molar-refractivity contribution in [2.75, 3.05) is 13.2 Å². The first-order chi connectivity index (χ1) is 12.6. The van der Waals surface area contributed by atoms with Gasteiger partial charge in [-0.1, -0.05) is 48.5 Å². The molecular formula is C21H26N2O3. The number of carbonyl (C=O) groups excluding carboxylic acids is 2. The maximum Gasteiger partial charge on any atom is 0.251 e. The van der Waals surface area contributed by atoms with Crippen molar-refractivity contribution in [1.29, 1.82) is 0 Å². The number of ether oxygens (including phenoxy) is 1. The largest absolute Gasteiger partial charge is 0.377 e. The minimum atomic E-state index is -0.225. The molecule has 0 bridgehead atoms. The Morgan fingerprint density at radius 1 is 1.00 bits per heavy atom. The van der Waals surface area contributed by atoms with Crippen molar-refractivity contribution in [1.82, 2.24) is 10.6 Å². The highest BCUT2D eigenvalue weighted by molar-refractivity contribution is 5.94. The van der Waals surface area contributed by atoms with Crippen LogP contribution in [0.15, 0.2) is 60.7 Å². The van der Waals surface area contributed by atoms with Gasteiger partial charge in [-0.3, -0.25) is 9.59 Å². The summed E-state index contributed by atoms with van der Waals surface area (Å²) >= 11 is 0. The Kier molecular flexibility index (Phi) is 8.36. The Morgan fingerprint density at radius 3 is 2.35 bits per heavy atom. The van der Waals surface area contributed by atoms with Crippen LogP contribution in [0.1, 0.15) is 35.7 Å². The molecule has 0 aliphatic heterocycles. The molecule has 0 aliphatic carbocycles. The molecule has 0 aromatic heterocycles. The highest BCUT2D eigenvalue weighted by Crippen LogP contribution is 2.01. The van der Waals surface area contributed by atoms with Gasteiger partial charge in [0.05, 0.1) is 6.61 Å². The van der Waals surface area contributed by atoms with Gasteiger partial charge in [0.25, 0.3) is 5.91 Å². The van der Waals surface area contributed by atoms with Crippen LogP contribution in [0.2, 0.25) is 0 Å². The lowest BCUT2D eigenvalue weighted by Crippen LogP contribution is -2.37. The van der Waals surface area contributed by atoms with E-state index in [0.717, 1.165) is 12.0 Å². The van der Waals surface area contributed by atoms with Crippen LogP contribution >= 0.6 is 0 Å². The predicted octanol–water partition coefficient (Wildman–Crippen LogP) is 2.92. The Hall–Kier alpha value is -2.66. The van der Waals surface area contributed by atoms with Crippen LogP contribution in [0.3, 0.4) is 0 Å². The maximum absolute atomic E-state index is 12.0. The van der Waals surface area contributed by atoms with Gasteiger partial charge in [0.2, 0.25) is 5.91 Å². The van der Waals surface area contributed by atoms with E-state index in [1.807, 2.05) is 55.5 Å². The van der Waals surface area contributed by atoms with Crippen molar-refractivity contribution < 1.29 is 14.3 Å². The van der Waals surface area contributed by atoms with Crippen molar-refractivity contribution in [2.24, 2.45) is 0 Å². The minimum absolute atomic E-state index is 0.0751. The zero-order valence-electron chi connectivity index (χ0n) is 15.1. The highest BCUT2D eigenvalue weighted by atomic mass is 16.5. The third-order valence-corrected chi connectivity index (χ3v) is 3.80. The van der Waals surface area contributed by atoms with Gasteiger partial charge in [0, 0.05) is 31.2 Å². The topological polar surface area (TPSA) is 67.4 Å². The van der Waals surface area contributed by atoms with E-state index >= 15 is 0 Å². The number of amides is 2. The maximum atomic E-state index is 12.0.